The van der Waals surface area contributed by atoms with E-state index in [1.165, 1.54) is 7.11 Å². The molecule has 0 aromatic carbocycles. The molecule has 0 radical (unpaired) electrons. The van der Waals surface area contributed by atoms with E-state index in [2.05, 4.69) is 50.9 Å². The van der Waals surface area contributed by atoms with Gasteiger partial charge in [-0.15, -0.1) is 10.2 Å². The van der Waals surface area contributed by atoms with Gasteiger partial charge in [0.15, 0.2) is 5.78 Å². The first kappa shape index (κ1) is 30.0. The average Bonchev–Trinajstić information content (AvgIpc) is 3.41. The Hall–Kier alpha value is -3.08. The molecule has 230 valence electrons. The molecule has 0 aliphatic heterocycles. The predicted octanol–water partition coefficient (Wildman–Crippen LogP) is 6.39. The van der Waals surface area contributed by atoms with Gasteiger partial charge < -0.3 is 9.15 Å². The summed E-state index contributed by atoms with van der Waals surface area (Å²) in [5, 5.41) is 18.6. The van der Waals surface area contributed by atoms with Crippen LogP contribution in [0, 0.1) is 63.1 Å². The van der Waals surface area contributed by atoms with Crippen molar-refractivity contribution in [3.05, 3.63) is 34.6 Å². The Morgan fingerprint density at radius 3 is 2.37 bits per heavy atom. The zero-order valence-electron chi connectivity index (χ0n) is 26.9. The highest BCUT2D eigenvalue weighted by atomic mass is 16.5. The van der Waals surface area contributed by atoms with Crippen LogP contribution in [0.15, 0.2) is 27.2 Å². The quantitative estimate of drug-likeness (QED) is 0.294. The number of Topliss-reactive ketones (excluding diaryl/α,β-unsaturated/α-hetero) is 1. The van der Waals surface area contributed by atoms with Crippen LogP contribution in [0.4, 0.5) is 0 Å². The van der Waals surface area contributed by atoms with E-state index >= 15 is 0 Å². The summed E-state index contributed by atoms with van der Waals surface area (Å²) in [5.74, 6) is 0.156. The SMILES string of the molecule is COC(=O)[C@]12CCC(C)(C)CC1C1CC(C=O)=C3[C@@]4(C)C=C(C#N)C(=O)[C@@](C)(c5nnc(C)o5)[C@@H]4CC[C@@]3(C)[C@]1(C)CC2. The number of hydrogen-bond donors (Lipinski definition) is 0. The number of aromatic nitrogens is 2. The standard InChI is InChI=1S/C35H45N3O5/c1-20-37-38-28(43-20)34(7)25-9-10-33(6)26(31(25,4)16-22(18-36)27(34)40)21(19-39)15-23-24-17-30(2,3)11-13-35(24,29(41)42-8)14-12-32(23,33)5/h16,19,23-25H,9-15,17H2,1-8H3/t23?,24?,25-,31+,32-,33-,34+,35+/m1/s1. The molecule has 2 unspecified atom stereocenters. The number of nitriles is 1. The zero-order valence-corrected chi connectivity index (χ0v) is 26.9. The van der Waals surface area contributed by atoms with Gasteiger partial charge >= 0.3 is 5.97 Å². The van der Waals surface area contributed by atoms with Crippen LogP contribution < -0.4 is 0 Å². The van der Waals surface area contributed by atoms with Crippen LogP contribution in [0.3, 0.4) is 0 Å². The van der Waals surface area contributed by atoms with Crippen LogP contribution in [0.1, 0.15) is 105 Å². The number of rotatable bonds is 3. The Labute approximate surface area is 254 Å². The first-order valence-electron chi connectivity index (χ1n) is 15.8. The van der Waals surface area contributed by atoms with Crippen molar-refractivity contribution < 1.29 is 23.5 Å². The third-order valence-corrected chi connectivity index (χ3v) is 13.6. The number of ether oxygens (including phenoxy) is 1. The van der Waals surface area contributed by atoms with Crippen LogP contribution in [-0.2, 0) is 24.5 Å². The molecule has 0 amide bonds. The van der Waals surface area contributed by atoms with Crippen molar-refractivity contribution in [2.45, 2.75) is 105 Å². The number of aryl methyl sites for hydroxylation is 1. The lowest BCUT2D eigenvalue weighted by atomic mass is 9.33. The average molecular weight is 588 g/mol. The summed E-state index contributed by atoms with van der Waals surface area (Å²) in [6, 6.07) is 2.18. The Bertz CT molecular complexity index is 1530. The third kappa shape index (κ3) is 3.63. The van der Waals surface area contributed by atoms with Crippen molar-refractivity contribution in [3.8, 4) is 6.07 Å². The molecule has 5 aliphatic rings. The van der Waals surface area contributed by atoms with Gasteiger partial charge in [-0.05, 0) is 103 Å². The molecule has 3 fully saturated rings. The third-order valence-electron chi connectivity index (χ3n) is 13.6. The number of allylic oxidation sites excluding steroid dienone is 4. The van der Waals surface area contributed by atoms with Crippen molar-refractivity contribution in [2.24, 2.45) is 44.8 Å². The summed E-state index contributed by atoms with van der Waals surface area (Å²) in [7, 11) is 1.51. The molecule has 1 aromatic rings. The number of hydrogen-bond acceptors (Lipinski definition) is 8. The van der Waals surface area contributed by atoms with Gasteiger partial charge in [0.25, 0.3) is 0 Å². The topological polar surface area (TPSA) is 123 Å². The fourth-order valence-electron chi connectivity index (χ4n) is 11.2. The Morgan fingerprint density at radius 2 is 1.77 bits per heavy atom. The number of ketones is 1. The van der Waals surface area contributed by atoms with Crippen LogP contribution in [0.2, 0.25) is 0 Å². The molecule has 3 saturated carbocycles. The van der Waals surface area contributed by atoms with Gasteiger partial charge in [-0.2, -0.15) is 5.26 Å². The van der Waals surface area contributed by atoms with Crippen LogP contribution in [0.25, 0.3) is 0 Å². The van der Waals surface area contributed by atoms with E-state index in [0.717, 1.165) is 56.0 Å². The van der Waals surface area contributed by atoms with E-state index in [1.54, 1.807) is 6.92 Å². The Morgan fingerprint density at radius 1 is 1.07 bits per heavy atom. The summed E-state index contributed by atoms with van der Waals surface area (Å²) < 4.78 is 11.4. The highest BCUT2D eigenvalue weighted by Gasteiger charge is 2.71. The molecule has 8 heteroatoms. The second-order valence-electron chi connectivity index (χ2n) is 15.9. The van der Waals surface area contributed by atoms with Crippen molar-refractivity contribution >= 4 is 18.0 Å². The van der Waals surface area contributed by atoms with Gasteiger partial charge in [0, 0.05) is 12.3 Å². The molecule has 5 aliphatic carbocycles. The summed E-state index contributed by atoms with van der Waals surface area (Å²) >= 11 is 0. The first-order chi connectivity index (χ1) is 20.1. The minimum atomic E-state index is -1.20. The minimum absolute atomic E-state index is 0.0776. The molecular weight excluding hydrogens is 542 g/mol. The van der Waals surface area contributed by atoms with E-state index in [9.17, 15) is 19.6 Å². The lowest BCUT2D eigenvalue weighted by molar-refractivity contribution is -0.190. The maximum Gasteiger partial charge on any atom is 0.312 e. The normalized spacial score (nSPS) is 43.3. The molecule has 43 heavy (non-hydrogen) atoms. The van der Waals surface area contributed by atoms with E-state index < -0.39 is 16.2 Å². The molecule has 0 bridgehead atoms. The van der Waals surface area contributed by atoms with Crippen LogP contribution in [0.5, 0.6) is 0 Å². The summed E-state index contributed by atoms with van der Waals surface area (Å²) in [4.78, 5) is 40.8. The van der Waals surface area contributed by atoms with Crippen molar-refractivity contribution in [1.82, 2.24) is 10.2 Å². The number of carbonyl (C=O) groups excluding carboxylic acids is 3. The zero-order chi connectivity index (χ0) is 31.4. The van der Waals surface area contributed by atoms with E-state index in [0.29, 0.717) is 18.7 Å². The van der Waals surface area contributed by atoms with E-state index in [-0.39, 0.29) is 57.2 Å². The molecule has 0 N–H and O–H groups in total. The van der Waals surface area contributed by atoms with Gasteiger partial charge in [-0.25, -0.2) is 0 Å². The molecule has 1 heterocycles. The maximum atomic E-state index is 14.0. The van der Waals surface area contributed by atoms with E-state index in [1.807, 2.05) is 13.0 Å². The highest BCUT2D eigenvalue weighted by Crippen LogP contribution is 2.76. The molecule has 8 nitrogen and oxygen atoms in total. The number of aldehydes is 1. The number of fused-ring (bicyclic) bond motifs is 7. The van der Waals surface area contributed by atoms with Crippen molar-refractivity contribution in [1.29, 1.82) is 5.26 Å². The second kappa shape index (κ2) is 9.22. The van der Waals surface area contributed by atoms with Gasteiger partial charge in [0.1, 0.15) is 17.8 Å². The number of nitrogens with zero attached hydrogens (tertiary/aromatic N) is 3. The molecule has 0 saturated heterocycles. The summed E-state index contributed by atoms with van der Waals surface area (Å²) in [6.45, 7) is 14.9. The largest absolute Gasteiger partial charge is 0.469 e. The number of carbonyl (C=O) groups is 3. The smallest absolute Gasteiger partial charge is 0.312 e. The molecule has 8 atom stereocenters. The minimum Gasteiger partial charge on any atom is -0.469 e. The van der Waals surface area contributed by atoms with Crippen molar-refractivity contribution in [2.75, 3.05) is 7.11 Å². The van der Waals surface area contributed by atoms with Crippen molar-refractivity contribution in [3.63, 3.8) is 0 Å². The van der Waals surface area contributed by atoms with E-state index in [4.69, 9.17) is 9.15 Å². The molecule has 6 rings (SSSR count). The van der Waals surface area contributed by atoms with Crippen LogP contribution in [-0.4, -0.2) is 35.3 Å². The number of methoxy groups -OCH3 is 1. The summed E-state index contributed by atoms with van der Waals surface area (Å²) in [6.07, 6.45) is 9.24. The van der Waals surface area contributed by atoms with Gasteiger partial charge in [0.05, 0.1) is 18.1 Å². The summed E-state index contributed by atoms with van der Waals surface area (Å²) in [5.41, 5.74) is -1.09. The van der Waals surface area contributed by atoms with Crippen LogP contribution >= 0.6 is 0 Å². The maximum absolute atomic E-state index is 14.0. The Balaban J connectivity index is 1.57. The fraction of sp³-hybridized carbons (Fsp3) is 0.714. The number of esters is 1. The monoisotopic (exact) mass is 587 g/mol. The molecular formula is C35H45N3O5. The lowest BCUT2D eigenvalue weighted by Crippen LogP contribution is -2.65. The van der Waals surface area contributed by atoms with Gasteiger partial charge in [-0.3, -0.25) is 14.4 Å². The molecule has 1 aromatic heterocycles. The first-order valence-corrected chi connectivity index (χ1v) is 15.8. The lowest BCUT2D eigenvalue weighted by Gasteiger charge is -2.70. The van der Waals surface area contributed by atoms with Gasteiger partial charge in [-0.1, -0.05) is 40.7 Å². The molecule has 0 spiro atoms. The second-order valence-corrected chi connectivity index (χ2v) is 15.9. The van der Waals surface area contributed by atoms with Gasteiger partial charge in [0.2, 0.25) is 11.8 Å². The highest BCUT2D eigenvalue weighted by molar-refractivity contribution is 6.07. The Kier molecular flexibility index (Phi) is 6.42. The fourth-order valence-corrected chi connectivity index (χ4v) is 11.2. The predicted molar refractivity (Wildman–Crippen MR) is 158 cm³/mol.